The molecule has 1 aromatic carbocycles. The molecule has 0 saturated carbocycles. The monoisotopic (exact) mass is 291 g/mol. The molecule has 0 saturated heterocycles. The number of nitrogens with two attached hydrogens (primary N) is 1. The van der Waals surface area contributed by atoms with Gasteiger partial charge in [0.25, 0.3) is 0 Å². The standard InChI is InChI=1S/C13H14BrN3/c14-11-6-7-12(16-9-11)13(17-15)8-10-4-2-1-3-5-10/h1-7,9,13,17H,8,15H2. The minimum atomic E-state index is 0.0329. The molecule has 2 rings (SSSR count). The first-order valence-corrected chi connectivity index (χ1v) is 6.20. The Hall–Kier alpha value is -1.23. The van der Waals surface area contributed by atoms with Crippen LogP contribution in [0.1, 0.15) is 17.3 Å². The van der Waals surface area contributed by atoms with E-state index in [1.165, 1.54) is 5.56 Å². The zero-order chi connectivity index (χ0) is 12.1. The van der Waals surface area contributed by atoms with Crippen molar-refractivity contribution in [1.82, 2.24) is 10.4 Å². The molecule has 17 heavy (non-hydrogen) atoms. The number of hydrazine groups is 1. The number of nitrogens with zero attached hydrogens (tertiary/aromatic N) is 1. The third-order valence-corrected chi connectivity index (χ3v) is 3.06. The molecule has 0 spiro atoms. The van der Waals surface area contributed by atoms with Crippen molar-refractivity contribution in [1.29, 1.82) is 0 Å². The predicted molar refractivity (Wildman–Crippen MR) is 72.1 cm³/mol. The first-order chi connectivity index (χ1) is 8.29. The van der Waals surface area contributed by atoms with Gasteiger partial charge in [0.2, 0.25) is 0 Å². The number of pyridine rings is 1. The molecular formula is C13H14BrN3. The maximum Gasteiger partial charge on any atom is 0.0672 e. The van der Waals surface area contributed by atoms with Gasteiger partial charge in [-0.05, 0) is 40.0 Å². The summed E-state index contributed by atoms with van der Waals surface area (Å²) in [7, 11) is 0. The molecule has 0 aliphatic carbocycles. The maximum absolute atomic E-state index is 5.59. The normalized spacial score (nSPS) is 12.4. The minimum Gasteiger partial charge on any atom is -0.271 e. The van der Waals surface area contributed by atoms with Crippen molar-refractivity contribution in [2.24, 2.45) is 5.84 Å². The lowest BCUT2D eigenvalue weighted by Gasteiger charge is -2.15. The molecule has 1 unspecified atom stereocenters. The van der Waals surface area contributed by atoms with E-state index in [1.807, 2.05) is 30.3 Å². The highest BCUT2D eigenvalue weighted by Crippen LogP contribution is 2.17. The largest absolute Gasteiger partial charge is 0.271 e. The van der Waals surface area contributed by atoms with E-state index < -0.39 is 0 Å². The molecule has 4 heteroatoms. The van der Waals surface area contributed by atoms with Gasteiger partial charge in [-0.1, -0.05) is 30.3 Å². The quantitative estimate of drug-likeness (QED) is 0.672. The summed E-state index contributed by atoms with van der Waals surface area (Å²) in [6.45, 7) is 0. The molecular weight excluding hydrogens is 278 g/mol. The fourth-order valence-electron chi connectivity index (χ4n) is 1.69. The van der Waals surface area contributed by atoms with Crippen LogP contribution in [-0.2, 0) is 6.42 Å². The van der Waals surface area contributed by atoms with Crippen molar-refractivity contribution in [3.8, 4) is 0 Å². The Morgan fingerprint density at radius 3 is 2.53 bits per heavy atom. The molecule has 1 aromatic heterocycles. The Labute approximate surface area is 109 Å². The molecule has 0 bridgehead atoms. The Bertz CT molecular complexity index is 456. The molecule has 3 nitrogen and oxygen atoms in total. The number of hydrogen-bond acceptors (Lipinski definition) is 3. The summed E-state index contributed by atoms with van der Waals surface area (Å²) in [5.41, 5.74) is 4.99. The second-order valence-corrected chi connectivity index (χ2v) is 4.73. The zero-order valence-electron chi connectivity index (χ0n) is 9.31. The van der Waals surface area contributed by atoms with E-state index in [4.69, 9.17) is 5.84 Å². The maximum atomic E-state index is 5.59. The minimum absolute atomic E-state index is 0.0329. The number of aromatic nitrogens is 1. The van der Waals surface area contributed by atoms with Crippen LogP contribution in [0, 0.1) is 0 Å². The van der Waals surface area contributed by atoms with E-state index in [2.05, 4.69) is 38.5 Å². The molecule has 0 aliphatic heterocycles. The summed E-state index contributed by atoms with van der Waals surface area (Å²) in [4.78, 5) is 4.36. The number of rotatable bonds is 4. The smallest absolute Gasteiger partial charge is 0.0672 e. The lowest BCUT2D eigenvalue weighted by Crippen LogP contribution is -2.30. The van der Waals surface area contributed by atoms with Gasteiger partial charge in [0, 0.05) is 10.7 Å². The molecule has 0 amide bonds. The summed E-state index contributed by atoms with van der Waals surface area (Å²) in [5.74, 6) is 5.59. The molecule has 0 fully saturated rings. The zero-order valence-corrected chi connectivity index (χ0v) is 10.9. The van der Waals surface area contributed by atoms with Crippen LogP contribution in [0.15, 0.2) is 53.1 Å². The Kier molecular flexibility index (Phi) is 4.25. The van der Waals surface area contributed by atoms with Crippen LogP contribution in [0.3, 0.4) is 0 Å². The van der Waals surface area contributed by atoms with Crippen LogP contribution in [0.4, 0.5) is 0 Å². The predicted octanol–water partition coefficient (Wildman–Crippen LogP) is 2.59. The number of hydrogen-bond donors (Lipinski definition) is 2. The Balaban J connectivity index is 2.14. The average molecular weight is 292 g/mol. The van der Waals surface area contributed by atoms with Crippen molar-refractivity contribution < 1.29 is 0 Å². The van der Waals surface area contributed by atoms with Crippen LogP contribution in [-0.4, -0.2) is 4.98 Å². The molecule has 3 N–H and O–H groups in total. The van der Waals surface area contributed by atoms with Gasteiger partial charge in [0.15, 0.2) is 0 Å². The molecule has 1 heterocycles. The van der Waals surface area contributed by atoms with Gasteiger partial charge in [0.1, 0.15) is 0 Å². The van der Waals surface area contributed by atoms with E-state index in [0.29, 0.717) is 0 Å². The van der Waals surface area contributed by atoms with Gasteiger partial charge in [-0.2, -0.15) is 0 Å². The van der Waals surface area contributed by atoms with Crippen molar-refractivity contribution in [2.45, 2.75) is 12.5 Å². The van der Waals surface area contributed by atoms with Crippen molar-refractivity contribution in [2.75, 3.05) is 0 Å². The van der Waals surface area contributed by atoms with Gasteiger partial charge < -0.3 is 0 Å². The SMILES string of the molecule is NNC(Cc1ccccc1)c1ccc(Br)cn1. The summed E-state index contributed by atoms with van der Waals surface area (Å²) < 4.78 is 0.969. The lowest BCUT2D eigenvalue weighted by atomic mass is 10.0. The molecule has 1 atom stereocenters. The first kappa shape index (κ1) is 12.2. The molecule has 2 aromatic rings. The van der Waals surface area contributed by atoms with E-state index in [-0.39, 0.29) is 6.04 Å². The van der Waals surface area contributed by atoms with Gasteiger partial charge in [-0.25, -0.2) is 0 Å². The van der Waals surface area contributed by atoms with Crippen LogP contribution < -0.4 is 11.3 Å². The van der Waals surface area contributed by atoms with E-state index in [9.17, 15) is 0 Å². The van der Waals surface area contributed by atoms with E-state index >= 15 is 0 Å². The average Bonchev–Trinajstić information content (AvgIpc) is 2.38. The van der Waals surface area contributed by atoms with Crippen molar-refractivity contribution in [3.63, 3.8) is 0 Å². The lowest BCUT2D eigenvalue weighted by molar-refractivity contribution is 0.538. The molecule has 88 valence electrons. The first-order valence-electron chi connectivity index (χ1n) is 5.41. The topological polar surface area (TPSA) is 50.9 Å². The summed E-state index contributed by atoms with van der Waals surface area (Å²) >= 11 is 3.37. The Morgan fingerprint density at radius 1 is 1.18 bits per heavy atom. The highest BCUT2D eigenvalue weighted by atomic mass is 79.9. The summed E-state index contributed by atoms with van der Waals surface area (Å²) in [6.07, 6.45) is 2.61. The summed E-state index contributed by atoms with van der Waals surface area (Å²) in [5, 5.41) is 0. The molecule has 0 aliphatic rings. The van der Waals surface area contributed by atoms with E-state index in [1.54, 1.807) is 6.20 Å². The van der Waals surface area contributed by atoms with Gasteiger partial charge in [-0.15, -0.1) is 0 Å². The van der Waals surface area contributed by atoms with Gasteiger partial charge >= 0.3 is 0 Å². The fraction of sp³-hybridized carbons (Fsp3) is 0.154. The van der Waals surface area contributed by atoms with Gasteiger partial charge in [0.05, 0.1) is 11.7 Å². The number of halogens is 1. The van der Waals surface area contributed by atoms with Crippen LogP contribution in [0.25, 0.3) is 0 Å². The highest BCUT2D eigenvalue weighted by molar-refractivity contribution is 9.10. The van der Waals surface area contributed by atoms with Crippen molar-refractivity contribution >= 4 is 15.9 Å². The van der Waals surface area contributed by atoms with Crippen LogP contribution >= 0.6 is 15.9 Å². The van der Waals surface area contributed by atoms with Crippen molar-refractivity contribution in [3.05, 3.63) is 64.4 Å². The number of nitrogens with one attached hydrogen (secondary N) is 1. The Morgan fingerprint density at radius 2 is 1.94 bits per heavy atom. The second-order valence-electron chi connectivity index (χ2n) is 3.81. The second kappa shape index (κ2) is 5.91. The van der Waals surface area contributed by atoms with Gasteiger partial charge in [-0.3, -0.25) is 16.3 Å². The van der Waals surface area contributed by atoms with E-state index in [0.717, 1.165) is 16.6 Å². The fourth-order valence-corrected chi connectivity index (χ4v) is 1.93. The highest BCUT2D eigenvalue weighted by Gasteiger charge is 2.11. The number of benzene rings is 1. The van der Waals surface area contributed by atoms with Crippen LogP contribution in [0.2, 0.25) is 0 Å². The van der Waals surface area contributed by atoms with Crippen LogP contribution in [0.5, 0.6) is 0 Å². The summed E-state index contributed by atoms with van der Waals surface area (Å²) in [6, 6.07) is 14.2. The molecule has 0 radical (unpaired) electrons. The third kappa shape index (κ3) is 3.36. The third-order valence-electron chi connectivity index (χ3n) is 2.59.